The number of imidazole rings is 1. The highest BCUT2D eigenvalue weighted by Gasteiger charge is 2.45. The summed E-state index contributed by atoms with van der Waals surface area (Å²) in [7, 11) is 0. The van der Waals surface area contributed by atoms with Crippen LogP contribution in [0.2, 0.25) is 0 Å². The van der Waals surface area contributed by atoms with E-state index in [4.69, 9.17) is 4.98 Å². The molecular weight excluding hydrogens is 428 g/mol. The fourth-order valence-electron chi connectivity index (χ4n) is 9.27. The van der Waals surface area contributed by atoms with E-state index in [1.54, 1.807) is 6.42 Å². The van der Waals surface area contributed by atoms with E-state index in [1.165, 1.54) is 113 Å². The van der Waals surface area contributed by atoms with Crippen molar-refractivity contribution in [2.75, 3.05) is 6.54 Å². The predicted molar refractivity (Wildman–Crippen MR) is 144 cm³/mol. The SMILES string of the molecule is c1ccc2c(c1)nc(C[C@H]1CCCCN1)n2[C@H]1C[C@H]2CCC[C@@H](C1)N2[C@@H]1C[C@@H]2CCCC[C@@H](C2)C1. The van der Waals surface area contributed by atoms with Crippen LogP contribution in [0.1, 0.15) is 108 Å². The van der Waals surface area contributed by atoms with Crippen molar-refractivity contribution in [3.8, 4) is 0 Å². The summed E-state index contributed by atoms with van der Waals surface area (Å²) in [5.74, 6) is 3.39. The third kappa shape index (κ3) is 4.48. The molecule has 4 bridgehead atoms. The first kappa shape index (κ1) is 22.8. The zero-order valence-electron chi connectivity index (χ0n) is 21.7. The van der Waals surface area contributed by atoms with Crippen LogP contribution in [0.5, 0.6) is 0 Å². The van der Waals surface area contributed by atoms with Gasteiger partial charge in [0.25, 0.3) is 0 Å². The summed E-state index contributed by atoms with van der Waals surface area (Å²) in [4.78, 5) is 8.36. The number of benzene rings is 1. The van der Waals surface area contributed by atoms with E-state index >= 15 is 0 Å². The van der Waals surface area contributed by atoms with Crippen LogP contribution in [-0.2, 0) is 6.42 Å². The number of rotatable bonds is 4. The minimum atomic E-state index is 0.601. The van der Waals surface area contributed by atoms with Crippen molar-refractivity contribution in [3.63, 3.8) is 0 Å². The Morgan fingerprint density at radius 3 is 2.20 bits per heavy atom. The van der Waals surface area contributed by atoms with E-state index in [2.05, 4.69) is 39.0 Å². The van der Waals surface area contributed by atoms with Crippen LogP contribution < -0.4 is 5.32 Å². The van der Waals surface area contributed by atoms with Crippen LogP contribution in [-0.4, -0.2) is 45.2 Å². The standard InChI is InChI=1S/C31H46N4/c1-2-9-23-16-22(8-1)17-27(18-23)34-25-11-7-12-26(34)21-28(20-25)35-30-14-4-3-13-29(30)33-31(35)19-24-10-5-6-15-32-24/h3-4,13-14,22-28,32H,1-2,5-12,15-21H2/t22-,23+,24-,25-,26+,27-,28+/m1/s1. The molecule has 0 spiro atoms. The lowest BCUT2D eigenvalue weighted by Gasteiger charge is -2.54. The van der Waals surface area contributed by atoms with Crippen molar-refractivity contribution in [1.29, 1.82) is 0 Å². The molecule has 2 saturated carbocycles. The number of para-hydroxylation sites is 2. The second-order valence-corrected chi connectivity index (χ2v) is 12.9. The Morgan fingerprint density at radius 2 is 1.46 bits per heavy atom. The lowest BCUT2D eigenvalue weighted by atomic mass is 9.73. The van der Waals surface area contributed by atoms with Crippen molar-refractivity contribution in [2.24, 2.45) is 11.8 Å². The number of piperidine rings is 3. The molecule has 5 aliphatic rings. The van der Waals surface area contributed by atoms with E-state index in [-0.39, 0.29) is 0 Å². The van der Waals surface area contributed by atoms with Crippen molar-refractivity contribution >= 4 is 11.0 Å². The van der Waals surface area contributed by atoms with Gasteiger partial charge in [-0.2, -0.15) is 0 Å². The average molecular weight is 475 g/mol. The molecule has 0 unspecified atom stereocenters. The molecular formula is C31H46N4. The van der Waals surface area contributed by atoms with Gasteiger partial charge in [-0.3, -0.25) is 4.90 Å². The van der Waals surface area contributed by atoms with E-state index in [1.807, 2.05) is 0 Å². The largest absolute Gasteiger partial charge is 0.325 e. The van der Waals surface area contributed by atoms with Gasteiger partial charge in [0.15, 0.2) is 0 Å². The Bertz CT molecular complexity index is 979. The summed E-state index contributed by atoms with van der Waals surface area (Å²) in [5, 5.41) is 3.79. The molecule has 2 aliphatic carbocycles. The monoisotopic (exact) mass is 474 g/mol. The predicted octanol–water partition coefficient (Wildman–Crippen LogP) is 6.64. The Labute approximate surface area is 212 Å². The third-order valence-electron chi connectivity index (χ3n) is 10.7. The maximum Gasteiger partial charge on any atom is 0.111 e. The second kappa shape index (κ2) is 9.82. The van der Waals surface area contributed by atoms with Crippen LogP contribution in [0.15, 0.2) is 24.3 Å². The highest BCUT2D eigenvalue weighted by atomic mass is 15.3. The van der Waals surface area contributed by atoms with Crippen LogP contribution in [0.4, 0.5) is 0 Å². The molecule has 5 fully saturated rings. The van der Waals surface area contributed by atoms with Crippen molar-refractivity contribution in [1.82, 2.24) is 19.8 Å². The topological polar surface area (TPSA) is 33.1 Å². The molecule has 0 radical (unpaired) electrons. The maximum atomic E-state index is 5.24. The molecule has 3 aliphatic heterocycles. The summed E-state index contributed by atoms with van der Waals surface area (Å²) in [6, 6.07) is 12.7. The average Bonchev–Trinajstić information content (AvgIpc) is 3.14. The van der Waals surface area contributed by atoms with Crippen LogP contribution in [0.25, 0.3) is 11.0 Å². The molecule has 35 heavy (non-hydrogen) atoms. The molecule has 4 nitrogen and oxygen atoms in total. The third-order valence-corrected chi connectivity index (χ3v) is 10.7. The smallest absolute Gasteiger partial charge is 0.111 e. The van der Waals surface area contributed by atoms with E-state index in [0.29, 0.717) is 12.1 Å². The number of hydrogen-bond donors (Lipinski definition) is 1. The molecule has 0 amide bonds. The first-order chi connectivity index (χ1) is 17.3. The Kier molecular flexibility index (Phi) is 6.39. The second-order valence-electron chi connectivity index (χ2n) is 12.9. The van der Waals surface area contributed by atoms with Gasteiger partial charge in [0.05, 0.1) is 11.0 Å². The summed E-state index contributed by atoms with van der Waals surface area (Å²) in [6.07, 6.45) is 22.6. The van der Waals surface area contributed by atoms with Crippen molar-refractivity contribution in [3.05, 3.63) is 30.1 Å². The zero-order chi connectivity index (χ0) is 23.2. The molecule has 1 N–H and O–H groups in total. The van der Waals surface area contributed by atoms with Crippen LogP contribution >= 0.6 is 0 Å². The van der Waals surface area contributed by atoms with Gasteiger partial charge in [-0.1, -0.05) is 50.7 Å². The number of hydrogen-bond acceptors (Lipinski definition) is 3. The lowest BCUT2D eigenvalue weighted by molar-refractivity contribution is -0.0420. The van der Waals surface area contributed by atoms with Gasteiger partial charge in [0.1, 0.15) is 5.82 Å². The van der Waals surface area contributed by atoms with Crippen molar-refractivity contribution < 1.29 is 0 Å². The van der Waals surface area contributed by atoms with E-state index < -0.39 is 0 Å². The first-order valence-corrected chi connectivity index (χ1v) is 15.3. The Morgan fingerprint density at radius 1 is 0.714 bits per heavy atom. The summed E-state index contributed by atoms with van der Waals surface area (Å²) < 4.78 is 2.73. The lowest BCUT2D eigenvalue weighted by Crippen LogP contribution is -2.58. The first-order valence-electron chi connectivity index (χ1n) is 15.3. The zero-order valence-corrected chi connectivity index (χ0v) is 21.7. The number of nitrogens with one attached hydrogen (secondary N) is 1. The fraction of sp³-hybridized carbons (Fsp3) is 0.774. The van der Waals surface area contributed by atoms with Gasteiger partial charge in [-0.25, -0.2) is 4.98 Å². The molecule has 3 saturated heterocycles. The molecule has 1 aromatic carbocycles. The highest BCUT2D eigenvalue weighted by molar-refractivity contribution is 5.76. The molecule has 2 aromatic rings. The van der Waals surface area contributed by atoms with Gasteiger partial charge in [0.2, 0.25) is 0 Å². The molecule has 4 heteroatoms. The molecule has 4 heterocycles. The van der Waals surface area contributed by atoms with Crippen molar-refractivity contribution in [2.45, 2.75) is 133 Å². The number of fused-ring (bicyclic) bond motifs is 5. The fourth-order valence-corrected chi connectivity index (χ4v) is 9.27. The number of nitrogens with zero attached hydrogens (tertiary/aromatic N) is 3. The Hall–Kier alpha value is -1.39. The number of aromatic nitrogens is 2. The molecule has 7 atom stereocenters. The Balaban J connectivity index is 1.16. The van der Waals surface area contributed by atoms with Crippen LogP contribution in [0.3, 0.4) is 0 Å². The summed E-state index contributed by atoms with van der Waals surface area (Å²) in [6.45, 7) is 1.18. The molecule has 7 rings (SSSR count). The normalized spacial score (nSPS) is 38.3. The minimum absolute atomic E-state index is 0.601. The highest BCUT2D eigenvalue weighted by Crippen LogP contribution is 2.47. The minimum Gasteiger partial charge on any atom is -0.325 e. The molecule has 190 valence electrons. The van der Waals surface area contributed by atoms with Crippen LogP contribution in [0, 0.1) is 11.8 Å². The van der Waals surface area contributed by atoms with E-state index in [0.717, 1.165) is 36.4 Å². The van der Waals surface area contributed by atoms with Gasteiger partial charge in [-0.05, 0) is 88.3 Å². The quantitative estimate of drug-likeness (QED) is 0.539. The summed E-state index contributed by atoms with van der Waals surface area (Å²) in [5.41, 5.74) is 2.60. The molecule has 1 aromatic heterocycles. The maximum absolute atomic E-state index is 5.24. The van der Waals surface area contributed by atoms with Gasteiger partial charge < -0.3 is 9.88 Å². The van der Waals surface area contributed by atoms with Gasteiger partial charge in [0, 0.05) is 36.6 Å². The van der Waals surface area contributed by atoms with Gasteiger partial charge >= 0.3 is 0 Å². The van der Waals surface area contributed by atoms with E-state index in [9.17, 15) is 0 Å². The summed E-state index contributed by atoms with van der Waals surface area (Å²) >= 11 is 0. The van der Waals surface area contributed by atoms with Gasteiger partial charge in [-0.15, -0.1) is 0 Å².